The molecule has 0 aromatic rings. The van der Waals surface area contributed by atoms with Crippen molar-refractivity contribution in [2.45, 2.75) is 52.9 Å². The fourth-order valence-electron chi connectivity index (χ4n) is 0.933. The zero-order valence-corrected chi connectivity index (χ0v) is 11.2. The van der Waals surface area contributed by atoms with Crippen LogP contribution in [0.5, 0.6) is 0 Å². The number of rotatable bonds is 7. The Morgan fingerprint density at radius 3 is 1.75 bits per heavy atom. The van der Waals surface area contributed by atoms with Crippen LogP contribution in [0.15, 0.2) is 0 Å². The number of nitrogens with one attached hydrogen (secondary N) is 1. The average Bonchev–Trinajstić information content (AvgIpc) is 1.98. The predicted molar refractivity (Wildman–Crippen MR) is 60.3 cm³/mol. The minimum Gasteiger partial charge on any atom is -0.480 e. The van der Waals surface area contributed by atoms with Crippen LogP contribution < -0.4 is 5.09 Å². The first kappa shape index (κ1) is 15.6. The van der Waals surface area contributed by atoms with Gasteiger partial charge in [-0.1, -0.05) is 0 Å². The van der Waals surface area contributed by atoms with Crippen molar-refractivity contribution >= 4 is 13.7 Å². The molecule has 0 fully saturated rings. The van der Waals surface area contributed by atoms with Crippen LogP contribution in [0, 0.1) is 0 Å². The second kappa shape index (κ2) is 6.35. The molecule has 0 bridgehead atoms. The lowest BCUT2D eigenvalue weighted by atomic mass is 10.4. The van der Waals surface area contributed by atoms with E-state index in [1.165, 1.54) is 6.92 Å². The first-order chi connectivity index (χ1) is 7.16. The van der Waals surface area contributed by atoms with Gasteiger partial charge in [-0.3, -0.25) is 13.8 Å². The van der Waals surface area contributed by atoms with E-state index in [0.717, 1.165) is 0 Å². The third-order valence-corrected chi connectivity index (χ3v) is 3.52. The maximum absolute atomic E-state index is 12.1. The summed E-state index contributed by atoms with van der Waals surface area (Å²) in [6.45, 7) is 8.17. The number of carboxylic acid groups (broad SMARTS) is 1. The molecule has 1 atom stereocenters. The van der Waals surface area contributed by atoms with Crippen LogP contribution in [0.3, 0.4) is 0 Å². The van der Waals surface area contributed by atoms with E-state index < -0.39 is 19.8 Å². The highest BCUT2D eigenvalue weighted by Crippen LogP contribution is 2.46. The molecule has 6 nitrogen and oxygen atoms in total. The van der Waals surface area contributed by atoms with Crippen LogP contribution >= 0.6 is 7.75 Å². The summed E-state index contributed by atoms with van der Waals surface area (Å²) in [5.41, 5.74) is 0. The third kappa shape index (κ3) is 6.23. The van der Waals surface area contributed by atoms with Gasteiger partial charge in [0.25, 0.3) is 0 Å². The maximum atomic E-state index is 12.1. The standard InChI is InChI=1S/C9H20NO5P/c1-6(2)14-16(13,15-7(3)4)10-8(5)9(11)12/h6-8H,1-5H3,(H,10,13)(H,11,12)/t8-/m1/s1. The molecule has 0 unspecified atom stereocenters. The van der Waals surface area contributed by atoms with E-state index in [0.29, 0.717) is 0 Å². The number of aliphatic carboxylic acids is 1. The molecule has 0 aromatic heterocycles. The van der Waals surface area contributed by atoms with Crippen molar-refractivity contribution in [3.05, 3.63) is 0 Å². The largest absolute Gasteiger partial charge is 0.480 e. The van der Waals surface area contributed by atoms with Gasteiger partial charge in [0.05, 0.1) is 12.2 Å². The molecule has 0 saturated carbocycles. The second-order valence-electron chi connectivity index (χ2n) is 3.99. The van der Waals surface area contributed by atoms with E-state index in [-0.39, 0.29) is 12.2 Å². The Morgan fingerprint density at radius 1 is 1.12 bits per heavy atom. The van der Waals surface area contributed by atoms with Gasteiger partial charge < -0.3 is 5.11 Å². The molecule has 0 radical (unpaired) electrons. The topological polar surface area (TPSA) is 84.9 Å². The van der Waals surface area contributed by atoms with Crippen LogP contribution in [-0.2, 0) is 18.4 Å². The Hall–Kier alpha value is -0.420. The molecule has 16 heavy (non-hydrogen) atoms. The van der Waals surface area contributed by atoms with Crippen molar-refractivity contribution in [2.75, 3.05) is 0 Å². The first-order valence-electron chi connectivity index (χ1n) is 5.13. The summed E-state index contributed by atoms with van der Waals surface area (Å²) in [6, 6.07) is -0.997. The predicted octanol–water partition coefficient (Wildman–Crippen LogP) is 2.01. The van der Waals surface area contributed by atoms with Gasteiger partial charge in [-0.25, -0.2) is 9.65 Å². The normalized spacial score (nSPS) is 14.4. The van der Waals surface area contributed by atoms with E-state index in [4.69, 9.17) is 14.2 Å². The van der Waals surface area contributed by atoms with Crippen LogP contribution in [0.4, 0.5) is 0 Å². The van der Waals surface area contributed by atoms with Crippen molar-refractivity contribution in [3.8, 4) is 0 Å². The summed E-state index contributed by atoms with van der Waals surface area (Å²) < 4.78 is 22.4. The minimum atomic E-state index is -3.57. The first-order valence-corrected chi connectivity index (χ1v) is 6.68. The van der Waals surface area contributed by atoms with Crippen molar-refractivity contribution in [1.29, 1.82) is 0 Å². The lowest BCUT2D eigenvalue weighted by Crippen LogP contribution is -2.33. The smallest absolute Gasteiger partial charge is 0.406 e. The molecule has 0 aliphatic rings. The summed E-state index contributed by atoms with van der Waals surface area (Å²) in [4.78, 5) is 10.7. The van der Waals surface area contributed by atoms with Gasteiger partial charge in [0.15, 0.2) is 0 Å². The van der Waals surface area contributed by atoms with Crippen molar-refractivity contribution in [2.24, 2.45) is 0 Å². The summed E-state index contributed by atoms with van der Waals surface area (Å²) in [5.74, 6) is -1.11. The van der Waals surface area contributed by atoms with Gasteiger partial charge in [-0.2, -0.15) is 0 Å². The Balaban J connectivity index is 4.66. The summed E-state index contributed by atoms with van der Waals surface area (Å²) in [7, 11) is -3.57. The number of carboxylic acids is 1. The molecule has 0 saturated heterocycles. The summed E-state index contributed by atoms with van der Waals surface area (Å²) in [6.07, 6.45) is -0.642. The monoisotopic (exact) mass is 253 g/mol. The van der Waals surface area contributed by atoms with E-state index >= 15 is 0 Å². The van der Waals surface area contributed by atoms with Gasteiger partial charge in [-0.15, -0.1) is 0 Å². The van der Waals surface area contributed by atoms with Gasteiger partial charge in [0.2, 0.25) is 0 Å². The molecule has 96 valence electrons. The zero-order chi connectivity index (χ0) is 12.9. The Labute approximate surface area is 95.9 Å². The zero-order valence-electron chi connectivity index (χ0n) is 10.3. The van der Waals surface area contributed by atoms with Crippen molar-refractivity contribution in [3.63, 3.8) is 0 Å². The molecule has 7 heteroatoms. The van der Waals surface area contributed by atoms with Crippen molar-refractivity contribution in [1.82, 2.24) is 5.09 Å². The number of carbonyl (C=O) groups is 1. The molecule has 0 amide bonds. The number of hydrogen-bond donors (Lipinski definition) is 2. The van der Waals surface area contributed by atoms with E-state index in [1.54, 1.807) is 27.7 Å². The lowest BCUT2D eigenvalue weighted by molar-refractivity contribution is -0.138. The average molecular weight is 253 g/mol. The highest BCUT2D eigenvalue weighted by molar-refractivity contribution is 7.51. The quantitative estimate of drug-likeness (QED) is 0.675. The van der Waals surface area contributed by atoms with Crippen LogP contribution in [0.1, 0.15) is 34.6 Å². The van der Waals surface area contributed by atoms with E-state index in [1.807, 2.05) is 0 Å². The molecular formula is C9H20NO5P. The fraction of sp³-hybridized carbons (Fsp3) is 0.889. The lowest BCUT2D eigenvalue weighted by Gasteiger charge is -2.24. The van der Waals surface area contributed by atoms with Crippen LogP contribution in [0.2, 0.25) is 0 Å². The molecule has 0 heterocycles. The SMILES string of the molecule is CC(C)OP(=O)(N[C@H](C)C(=O)O)OC(C)C. The Bertz CT molecular complexity index is 265. The molecular weight excluding hydrogens is 233 g/mol. The Kier molecular flexibility index (Phi) is 6.18. The van der Waals surface area contributed by atoms with E-state index in [2.05, 4.69) is 5.09 Å². The van der Waals surface area contributed by atoms with Crippen molar-refractivity contribution < 1.29 is 23.5 Å². The number of hydrogen-bond acceptors (Lipinski definition) is 4. The molecule has 0 aliphatic carbocycles. The molecule has 0 aromatic carbocycles. The highest BCUT2D eigenvalue weighted by Gasteiger charge is 2.31. The molecule has 0 aliphatic heterocycles. The maximum Gasteiger partial charge on any atom is 0.406 e. The second-order valence-corrected chi connectivity index (χ2v) is 5.67. The highest BCUT2D eigenvalue weighted by atomic mass is 31.2. The van der Waals surface area contributed by atoms with Crippen LogP contribution in [-0.4, -0.2) is 29.3 Å². The third-order valence-electron chi connectivity index (χ3n) is 1.42. The van der Waals surface area contributed by atoms with Gasteiger partial charge in [0.1, 0.15) is 6.04 Å². The minimum absolute atomic E-state index is 0.321. The van der Waals surface area contributed by atoms with Gasteiger partial charge in [0, 0.05) is 0 Å². The molecule has 0 spiro atoms. The summed E-state index contributed by atoms with van der Waals surface area (Å²) in [5, 5.41) is 11.1. The molecule has 2 N–H and O–H groups in total. The summed E-state index contributed by atoms with van der Waals surface area (Å²) >= 11 is 0. The van der Waals surface area contributed by atoms with Crippen LogP contribution in [0.25, 0.3) is 0 Å². The van der Waals surface area contributed by atoms with E-state index in [9.17, 15) is 9.36 Å². The Morgan fingerprint density at radius 2 is 1.50 bits per heavy atom. The fourth-order valence-corrected chi connectivity index (χ4v) is 2.80. The van der Waals surface area contributed by atoms with Gasteiger partial charge in [-0.05, 0) is 34.6 Å². The van der Waals surface area contributed by atoms with Gasteiger partial charge >= 0.3 is 13.7 Å². The molecule has 0 rings (SSSR count).